The van der Waals surface area contributed by atoms with Gasteiger partial charge in [0.15, 0.2) is 5.84 Å². The lowest BCUT2D eigenvalue weighted by molar-refractivity contribution is 0.318. The Labute approximate surface area is 123 Å². The monoisotopic (exact) mass is 282 g/mol. The van der Waals surface area contributed by atoms with E-state index in [0.717, 1.165) is 35.7 Å². The number of nitrogens with two attached hydrogens (primary N) is 1. The molecule has 0 bridgehead atoms. The maximum Gasteiger partial charge on any atom is 0.174 e. The molecule has 3 rings (SSSR count). The maximum atomic E-state index is 9.06. The van der Waals surface area contributed by atoms with Crippen LogP contribution in [0.3, 0.4) is 0 Å². The molecule has 0 fully saturated rings. The highest BCUT2D eigenvalue weighted by atomic mass is 16.4. The number of aryl methyl sites for hydroxylation is 2. The molecule has 0 aliphatic carbocycles. The van der Waals surface area contributed by atoms with Gasteiger partial charge in [0, 0.05) is 17.9 Å². The number of aromatic nitrogens is 1. The molecule has 0 unspecified atom stereocenters. The molecule has 1 aliphatic rings. The molecule has 2 aromatic rings. The second-order valence-corrected chi connectivity index (χ2v) is 5.29. The predicted octanol–water partition coefficient (Wildman–Crippen LogP) is 2.49. The van der Waals surface area contributed by atoms with Crippen molar-refractivity contribution in [3.8, 4) is 0 Å². The molecule has 108 valence electrons. The van der Waals surface area contributed by atoms with Gasteiger partial charge in [-0.05, 0) is 43.5 Å². The number of hydrogen-bond acceptors (Lipinski definition) is 4. The van der Waals surface area contributed by atoms with E-state index in [0.29, 0.717) is 5.56 Å². The summed E-state index contributed by atoms with van der Waals surface area (Å²) in [7, 11) is 0. The molecule has 21 heavy (non-hydrogen) atoms. The molecular formula is C16H18N4O. The van der Waals surface area contributed by atoms with Crippen LogP contribution in [0.1, 0.15) is 22.4 Å². The van der Waals surface area contributed by atoms with Gasteiger partial charge >= 0.3 is 0 Å². The number of fused-ring (bicyclic) bond motifs is 1. The Morgan fingerprint density at radius 1 is 1.33 bits per heavy atom. The number of anilines is 2. The highest BCUT2D eigenvalue weighted by Crippen LogP contribution is 2.35. The third kappa shape index (κ3) is 2.20. The van der Waals surface area contributed by atoms with Gasteiger partial charge in [0.25, 0.3) is 0 Å². The number of amidine groups is 1. The Morgan fingerprint density at radius 3 is 2.86 bits per heavy atom. The average Bonchev–Trinajstić information content (AvgIpc) is 2.89. The van der Waals surface area contributed by atoms with Crippen LogP contribution in [0.5, 0.6) is 0 Å². The third-order valence-corrected chi connectivity index (χ3v) is 3.83. The van der Waals surface area contributed by atoms with Gasteiger partial charge in [-0.2, -0.15) is 0 Å². The van der Waals surface area contributed by atoms with Crippen molar-refractivity contribution in [2.75, 3.05) is 11.4 Å². The molecule has 5 nitrogen and oxygen atoms in total. The lowest BCUT2D eigenvalue weighted by Gasteiger charge is -2.23. The van der Waals surface area contributed by atoms with Gasteiger partial charge in [0.05, 0.1) is 5.56 Å². The molecule has 5 heteroatoms. The molecule has 0 saturated carbocycles. The van der Waals surface area contributed by atoms with Gasteiger partial charge in [-0.3, -0.25) is 0 Å². The van der Waals surface area contributed by atoms with Crippen LogP contribution in [0, 0.1) is 13.8 Å². The zero-order chi connectivity index (χ0) is 15.0. The van der Waals surface area contributed by atoms with E-state index in [4.69, 9.17) is 10.9 Å². The fraction of sp³-hybridized carbons (Fsp3) is 0.250. The minimum Gasteiger partial charge on any atom is -0.409 e. The van der Waals surface area contributed by atoms with Crippen molar-refractivity contribution in [1.29, 1.82) is 0 Å². The van der Waals surface area contributed by atoms with Gasteiger partial charge in [-0.15, -0.1) is 0 Å². The third-order valence-electron chi connectivity index (χ3n) is 3.83. The van der Waals surface area contributed by atoms with Gasteiger partial charge in [-0.1, -0.05) is 23.4 Å². The van der Waals surface area contributed by atoms with Crippen LogP contribution >= 0.6 is 0 Å². The zero-order valence-electron chi connectivity index (χ0n) is 12.2. The van der Waals surface area contributed by atoms with E-state index >= 15 is 0 Å². The highest BCUT2D eigenvalue weighted by molar-refractivity contribution is 6.03. The molecule has 0 saturated heterocycles. The normalized spacial score (nSPS) is 14.4. The topological polar surface area (TPSA) is 74.7 Å². The van der Waals surface area contributed by atoms with Crippen molar-refractivity contribution in [3.05, 3.63) is 52.7 Å². The minimum atomic E-state index is 0.0966. The first kappa shape index (κ1) is 13.4. The molecule has 1 aromatic heterocycles. The second kappa shape index (κ2) is 5.09. The van der Waals surface area contributed by atoms with E-state index in [1.165, 1.54) is 5.56 Å². The van der Waals surface area contributed by atoms with Crippen molar-refractivity contribution < 1.29 is 5.21 Å². The number of pyridine rings is 1. The molecule has 2 heterocycles. The number of para-hydroxylation sites is 1. The standard InChI is InChI=1S/C16H18N4O/c1-10-9-11(2)18-16(14(10)15(17)19-21)20-8-7-12-5-3-4-6-13(12)20/h3-6,9,21H,7-8H2,1-2H3,(H2,17,19). The summed E-state index contributed by atoms with van der Waals surface area (Å²) >= 11 is 0. The van der Waals surface area contributed by atoms with Crippen LogP contribution in [-0.4, -0.2) is 22.6 Å². The van der Waals surface area contributed by atoms with Gasteiger partial charge in [-0.25, -0.2) is 4.98 Å². The number of rotatable bonds is 2. The lowest BCUT2D eigenvalue weighted by atomic mass is 10.1. The van der Waals surface area contributed by atoms with Gasteiger partial charge in [0.2, 0.25) is 0 Å². The summed E-state index contributed by atoms with van der Waals surface area (Å²) in [6, 6.07) is 10.2. The summed E-state index contributed by atoms with van der Waals surface area (Å²) in [5.74, 6) is 0.854. The smallest absolute Gasteiger partial charge is 0.174 e. The van der Waals surface area contributed by atoms with Crippen molar-refractivity contribution in [2.24, 2.45) is 10.9 Å². The van der Waals surface area contributed by atoms with Crippen LogP contribution in [0.4, 0.5) is 11.5 Å². The fourth-order valence-electron chi connectivity index (χ4n) is 2.94. The van der Waals surface area contributed by atoms with E-state index in [2.05, 4.69) is 27.2 Å². The fourth-order valence-corrected chi connectivity index (χ4v) is 2.94. The molecule has 3 N–H and O–H groups in total. The van der Waals surface area contributed by atoms with Crippen molar-refractivity contribution in [2.45, 2.75) is 20.3 Å². The molecule has 1 aliphatic heterocycles. The van der Waals surface area contributed by atoms with Crippen LogP contribution in [0.2, 0.25) is 0 Å². The van der Waals surface area contributed by atoms with Crippen molar-refractivity contribution in [1.82, 2.24) is 4.98 Å². The quantitative estimate of drug-likeness (QED) is 0.384. The minimum absolute atomic E-state index is 0.0966. The van der Waals surface area contributed by atoms with Crippen LogP contribution in [0.25, 0.3) is 0 Å². The number of benzene rings is 1. The van der Waals surface area contributed by atoms with E-state index in [1.54, 1.807) is 0 Å². The first-order valence-electron chi connectivity index (χ1n) is 6.93. The van der Waals surface area contributed by atoms with Crippen molar-refractivity contribution >= 4 is 17.3 Å². The van der Waals surface area contributed by atoms with Crippen LogP contribution in [0.15, 0.2) is 35.5 Å². The predicted molar refractivity (Wildman–Crippen MR) is 83.4 cm³/mol. The Bertz CT molecular complexity index is 724. The Kier molecular flexibility index (Phi) is 3.25. The Morgan fingerprint density at radius 2 is 2.10 bits per heavy atom. The molecule has 0 radical (unpaired) electrons. The summed E-state index contributed by atoms with van der Waals surface area (Å²) in [4.78, 5) is 6.78. The van der Waals surface area contributed by atoms with Gasteiger partial charge in [0.1, 0.15) is 5.82 Å². The highest BCUT2D eigenvalue weighted by Gasteiger charge is 2.25. The van der Waals surface area contributed by atoms with E-state index in [9.17, 15) is 0 Å². The maximum absolute atomic E-state index is 9.06. The summed E-state index contributed by atoms with van der Waals surface area (Å²) < 4.78 is 0. The molecule has 1 aromatic carbocycles. The summed E-state index contributed by atoms with van der Waals surface area (Å²) in [6.45, 7) is 4.75. The second-order valence-electron chi connectivity index (χ2n) is 5.29. The van der Waals surface area contributed by atoms with E-state index < -0.39 is 0 Å². The molecule has 0 amide bonds. The van der Waals surface area contributed by atoms with Crippen LogP contribution < -0.4 is 10.6 Å². The summed E-state index contributed by atoms with van der Waals surface area (Å²) in [5, 5.41) is 12.2. The lowest BCUT2D eigenvalue weighted by Crippen LogP contribution is -2.24. The van der Waals surface area contributed by atoms with Crippen LogP contribution in [-0.2, 0) is 6.42 Å². The zero-order valence-corrected chi connectivity index (χ0v) is 12.2. The summed E-state index contributed by atoms with van der Waals surface area (Å²) in [6.07, 6.45) is 0.973. The van der Waals surface area contributed by atoms with E-state index in [-0.39, 0.29) is 5.84 Å². The SMILES string of the molecule is Cc1cc(C)c(C(N)=NO)c(N2CCc3ccccc32)n1. The first-order valence-corrected chi connectivity index (χ1v) is 6.93. The molecule has 0 atom stereocenters. The number of hydrogen-bond donors (Lipinski definition) is 2. The average molecular weight is 282 g/mol. The largest absolute Gasteiger partial charge is 0.409 e. The Hall–Kier alpha value is -2.56. The summed E-state index contributed by atoms with van der Waals surface area (Å²) in [5.41, 5.74) is 10.9. The first-order chi connectivity index (χ1) is 10.1. The van der Waals surface area contributed by atoms with Crippen molar-refractivity contribution in [3.63, 3.8) is 0 Å². The van der Waals surface area contributed by atoms with Gasteiger partial charge < -0.3 is 15.8 Å². The van der Waals surface area contributed by atoms with E-state index in [1.807, 2.05) is 32.0 Å². The Balaban J connectivity index is 2.20. The molecule has 0 spiro atoms. The number of nitrogens with zero attached hydrogens (tertiary/aromatic N) is 3. The number of oxime groups is 1. The molecular weight excluding hydrogens is 264 g/mol.